The maximum atomic E-state index is 4.66. The summed E-state index contributed by atoms with van der Waals surface area (Å²) >= 11 is 0. The molecule has 1 rings (SSSR count). The van der Waals surface area contributed by atoms with Crippen molar-refractivity contribution in [2.24, 2.45) is 0 Å². The highest BCUT2D eigenvalue weighted by Gasteiger charge is 1.73. The van der Waals surface area contributed by atoms with Crippen LogP contribution in [0.5, 0.6) is 0 Å². The number of methoxy groups -OCH3 is 2. The average Bonchev–Trinajstić information content (AvgIpc) is 2.17. The molecule has 0 heterocycles. The number of rotatable bonds is 3. The van der Waals surface area contributed by atoms with Crippen molar-refractivity contribution in [2.45, 2.75) is 6.92 Å². The Morgan fingerprint density at radius 3 is 1.62 bits per heavy atom. The third-order valence-corrected chi connectivity index (χ3v) is 1.43. The highest BCUT2D eigenvalue weighted by atomic mass is 16.5. The van der Waals surface area contributed by atoms with Crippen molar-refractivity contribution in [3.05, 3.63) is 35.9 Å². The number of benzene rings is 1. The van der Waals surface area contributed by atoms with Gasteiger partial charge in [0.25, 0.3) is 0 Å². The SMILES string of the molecule is COCCOC.Cc1ccccc1. The lowest BCUT2D eigenvalue weighted by atomic mass is 10.2. The molecule has 0 spiro atoms. The Bertz CT molecular complexity index is 181. The Hall–Kier alpha value is -0.860. The molecule has 74 valence electrons. The van der Waals surface area contributed by atoms with E-state index < -0.39 is 0 Å². The second kappa shape index (κ2) is 9.23. The van der Waals surface area contributed by atoms with E-state index in [1.54, 1.807) is 14.2 Å². The molecular weight excluding hydrogens is 164 g/mol. The lowest BCUT2D eigenvalue weighted by Crippen LogP contribution is -1.96. The Morgan fingerprint density at radius 1 is 0.923 bits per heavy atom. The lowest BCUT2D eigenvalue weighted by Gasteiger charge is -1.91. The van der Waals surface area contributed by atoms with Gasteiger partial charge in [-0.05, 0) is 6.92 Å². The van der Waals surface area contributed by atoms with Crippen LogP contribution in [-0.4, -0.2) is 27.4 Å². The largest absolute Gasteiger partial charge is 0.382 e. The van der Waals surface area contributed by atoms with E-state index in [1.165, 1.54) is 5.56 Å². The van der Waals surface area contributed by atoms with Crippen LogP contribution in [0.25, 0.3) is 0 Å². The first-order valence-corrected chi connectivity index (χ1v) is 4.30. The van der Waals surface area contributed by atoms with Gasteiger partial charge < -0.3 is 9.47 Å². The number of hydrogen-bond donors (Lipinski definition) is 0. The minimum atomic E-state index is 0.691. The molecule has 0 aliphatic carbocycles. The molecule has 0 saturated heterocycles. The van der Waals surface area contributed by atoms with E-state index >= 15 is 0 Å². The highest BCUT2D eigenvalue weighted by molar-refractivity contribution is 5.11. The monoisotopic (exact) mass is 182 g/mol. The third-order valence-electron chi connectivity index (χ3n) is 1.43. The molecule has 1 aromatic rings. The summed E-state index contributed by atoms with van der Waals surface area (Å²) in [6, 6.07) is 10.3. The predicted octanol–water partition coefficient (Wildman–Crippen LogP) is 2.27. The van der Waals surface area contributed by atoms with E-state index in [2.05, 4.69) is 28.5 Å². The van der Waals surface area contributed by atoms with Crippen LogP contribution in [0.1, 0.15) is 5.56 Å². The summed E-state index contributed by atoms with van der Waals surface area (Å²) in [6.07, 6.45) is 0. The van der Waals surface area contributed by atoms with Gasteiger partial charge in [0.2, 0.25) is 0 Å². The first-order chi connectivity index (χ1) is 6.31. The highest BCUT2D eigenvalue weighted by Crippen LogP contribution is 1.92. The molecule has 0 N–H and O–H groups in total. The van der Waals surface area contributed by atoms with E-state index in [9.17, 15) is 0 Å². The zero-order valence-corrected chi connectivity index (χ0v) is 8.62. The van der Waals surface area contributed by atoms with Gasteiger partial charge in [0.1, 0.15) is 0 Å². The van der Waals surface area contributed by atoms with E-state index in [1.807, 2.05) is 18.2 Å². The molecule has 0 aliphatic heterocycles. The summed E-state index contributed by atoms with van der Waals surface area (Å²) in [6.45, 7) is 3.47. The maximum Gasteiger partial charge on any atom is 0.0696 e. The smallest absolute Gasteiger partial charge is 0.0696 e. The molecule has 2 heteroatoms. The number of aryl methyl sites for hydroxylation is 1. The van der Waals surface area contributed by atoms with E-state index in [4.69, 9.17) is 0 Å². The van der Waals surface area contributed by atoms with Crippen LogP contribution in [0.4, 0.5) is 0 Å². The molecular formula is C11H18O2. The van der Waals surface area contributed by atoms with Crippen LogP contribution in [0.15, 0.2) is 30.3 Å². The molecule has 0 radical (unpaired) electrons. The minimum absolute atomic E-state index is 0.691. The topological polar surface area (TPSA) is 18.5 Å². The van der Waals surface area contributed by atoms with Gasteiger partial charge in [-0.2, -0.15) is 0 Å². The second-order valence-corrected chi connectivity index (χ2v) is 2.64. The van der Waals surface area contributed by atoms with Gasteiger partial charge in [-0.15, -0.1) is 0 Å². The van der Waals surface area contributed by atoms with Gasteiger partial charge in [0.15, 0.2) is 0 Å². The van der Waals surface area contributed by atoms with Crippen molar-refractivity contribution in [1.29, 1.82) is 0 Å². The fraction of sp³-hybridized carbons (Fsp3) is 0.455. The van der Waals surface area contributed by atoms with E-state index in [0.29, 0.717) is 13.2 Å². The lowest BCUT2D eigenvalue weighted by molar-refractivity contribution is 0.103. The summed E-state index contributed by atoms with van der Waals surface area (Å²) in [5.41, 5.74) is 1.32. The van der Waals surface area contributed by atoms with Gasteiger partial charge in [-0.25, -0.2) is 0 Å². The van der Waals surface area contributed by atoms with Crippen LogP contribution in [0.2, 0.25) is 0 Å². The third kappa shape index (κ3) is 9.05. The number of ether oxygens (including phenoxy) is 2. The predicted molar refractivity (Wildman–Crippen MR) is 54.9 cm³/mol. The molecule has 0 amide bonds. The summed E-state index contributed by atoms with van der Waals surface area (Å²) in [5, 5.41) is 0. The van der Waals surface area contributed by atoms with Crippen LogP contribution in [-0.2, 0) is 9.47 Å². The zero-order valence-electron chi connectivity index (χ0n) is 8.62. The van der Waals surface area contributed by atoms with Gasteiger partial charge in [-0.3, -0.25) is 0 Å². The van der Waals surface area contributed by atoms with E-state index in [0.717, 1.165) is 0 Å². The molecule has 0 bridgehead atoms. The molecule has 0 saturated carbocycles. The molecule has 0 aliphatic rings. The molecule has 0 atom stereocenters. The van der Waals surface area contributed by atoms with Crippen molar-refractivity contribution in [3.63, 3.8) is 0 Å². The summed E-state index contributed by atoms with van der Waals surface area (Å²) in [4.78, 5) is 0. The molecule has 0 unspecified atom stereocenters. The maximum absolute atomic E-state index is 4.66. The zero-order chi connectivity index (χ0) is 9.94. The van der Waals surface area contributed by atoms with Crippen molar-refractivity contribution in [3.8, 4) is 0 Å². The first-order valence-electron chi connectivity index (χ1n) is 4.30. The Morgan fingerprint density at radius 2 is 1.38 bits per heavy atom. The van der Waals surface area contributed by atoms with Crippen LogP contribution in [0, 0.1) is 6.92 Å². The minimum Gasteiger partial charge on any atom is -0.382 e. The fourth-order valence-electron chi connectivity index (χ4n) is 0.701. The molecule has 0 aromatic heterocycles. The van der Waals surface area contributed by atoms with Gasteiger partial charge in [0, 0.05) is 14.2 Å². The fourth-order valence-corrected chi connectivity index (χ4v) is 0.701. The van der Waals surface area contributed by atoms with Crippen molar-refractivity contribution in [1.82, 2.24) is 0 Å². The van der Waals surface area contributed by atoms with Crippen LogP contribution < -0.4 is 0 Å². The van der Waals surface area contributed by atoms with Gasteiger partial charge in [-0.1, -0.05) is 35.9 Å². The van der Waals surface area contributed by atoms with Crippen molar-refractivity contribution < 1.29 is 9.47 Å². The van der Waals surface area contributed by atoms with Crippen LogP contribution >= 0.6 is 0 Å². The van der Waals surface area contributed by atoms with Gasteiger partial charge >= 0.3 is 0 Å². The van der Waals surface area contributed by atoms with Crippen molar-refractivity contribution >= 4 is 0 Å². The summed E-state index contributed by atoms with van der Waals surface area (Å²) < 4.78 is 9.31. The van der Waals surface area contributed by atoms with Gasteiger partial charge in [0.05, 0.1) is 13.2 Å². The first kappa shape index (κ1) is 12.1. The molecule has 0 fully saturated rings. The normalized spacial score (nSPS) is 8.85. The molecule has 1 aromatic carbocycles. The van der Waals surface area contributed by atoms with Crippen molar-refractivity contribution in [2.75, 3.05) is 27.4 Å². The van der Waals surface area contributed by atoms with E-state index in [-0.39, 0.29) is 0 Å². The molecule has 13 heavy (non-hydrogen) atoms. The standard InChI is InChI=1S/C7H8.C4H10O2/c1-7-5-3-2-4-6-7;1-5-3-4-6-2/h2-6H,1H3;3-4H2,1-2H3. The average molecular weight is 182 g/mol. The Kier molecular flexibility index (Phi) is 8.62. The summed E-state index contributed by atoms with van der Waals surface area (Å²) in [7, 11) is 3.30. The summed E-state index contributed by atoms with van der Waals surface area (Å²) in [5.74, 6) is 0. The second-order valence-electron chi connectivity index (χ2n) is 2.64. The van der Waals surface area contributed by atoms with Crippen LogP contribution in [0.3, 0.4) is 0 Å². The Labute approximate surface area is 80.5 Å². The number of hydrogen-bond acceptors (Lipinski definition) is 2. The molecule has 2 nitrogen and oxygen atoms in total. The Balaban J connectivity index is 0.000000226. The quantitative estimate of drug-likeness (QED) is 0.668.